The molecule has 3 nitrogen and oxygen atoms in total. The molecule has 5 heteroatoms. The molecule has 0 fully saturated rings. The Labute approximate surface area is 266 Å². The quantitative estimate of drug-likeness (QED) is 0.133. The number of hydrogen-bond acceptors (Lipinski definition) is 3. The van der Waals surface area contributed by atoms with Crippen LogP contribution in [0.4, 0.5) is 0 Å². The first-order valence-electron chi connectivity index (χ1n) is 13.6. The fourth-order valence-electron chi connectivity index (χ4n) is 4.79. The molecule has 4 aromatic heterocycles. The molecule has 0 amide bonds. The van der Waals surface area contributed by atoms with Gasteiger partial charge in [-0.2, -0.15) is 0 Å². The summed E-state index contributed by atoms with van der Waals surface area (Å²) in [6.45, 7) is 8.31. The molecule has 7 rings (SSSR count). The third-order valence-corrected chi connectivity index (χ3v) is 9.58. The van der Waals surface area contributed by atoms with Crippen molar-refractivity contribution in [3.8, 4) is 33.8 Å². The Hall–Kier alpha value is -3.72. The van der Waals surface area contributed by atoms with Gasteiger partial charge in [-0.3, -0.25) is 0 Å². The van der Waals surface area contributed by atoms with Crippen LogP contribution in [0.5, 0.6) is 0 Å². The third-order valence-electron chi connectivity index (χ3n) is 7.23. The van der Waals surface area contributed by atoms with Crippen LogP contribution in [0, 0.1) is 39.8 Å². The maximum atomic E-state index is 4.57. The number of benzene rings is 3. The number of nitrogens with zero attached hydrogens (tertiary/aromatic N) is 3. The first-order chi connectivity index (χ1) is 20.0. The Bertz CT molecular complexity index is 2000. The van der Waals surface area contributed by atoms with Crippen LogP contribution in [-0.2, 0) is 20.1 Å². The van der Waals surface area contributed by atoms with Gasteiger partial charge < -0.3 is 4.98 Å². The zero-order valence-corrected chi connectivity index (χ0v) is 28.0. The Morgan fingerprint density at radius 1 is 0.643 bits per heavy atom. The number of aromatic nitrogens is 3. The Balaban J connectivity index is 0.000000164. The van der Waals surface area contributed by atoms with Crippen LogP contribution in [0.1, 0.15) is 22.4 Å². The normalized spacial score (nSPS) is 10.7. The first kappa shape index (κ1) is 29.8. The van der Waals surface area contributed by atoms with E-state index in [0.29, 0.717) is 14.5 Å². The first-order valence-corrected chi connectivity index (χ1v) is 15.3. The fraction of sp³-hybridized carbons (Fsp3) is 0.108. The molecule has 0 aliphatic heterocycles. The molecule has 0 saturated heterocycles. The third kappa shape index (κ3) is 6.36. The molecule has 0 aliphatic rings. The zero-order chi connectivity index (χ0) is 28.3. The van der Waals surface area contributed by atoms with E-state index in [2.05, 4.69) is 121 Å². The number of pyridine rings is 3. The Morgan fingerprint density at radius 2 is 1.40 bits per heavy atom. The summed E-state index contributed by atoms with van der Waals surface area (Å²) in [6, 6.07) is 38.0. The average Bonchev–Trinajstić information content (AvgIpc) is 3.38. The molecule has 209 valence electrons. The maximum Gasteiger partial charge on any atom is 0.0192 e. The predicted octanol–water partition coefficient (Wildman–Crippen LogP) is 8.75. The summed E-state index contributed by atoms with van der Waals surface area (Å²) in [5.41, 5.74) is 10.9. The number of fused-ring (bicyclic) bond motifs is 3. The van der Waals surface area contributed by atoms with Crippen LogP contribution in [0.25, 0.3) is 53.1 Å². The van der Waals surface area contributed by atoms with Crippen LogP contribution in [-0.4, -0.2) is 29.5 Å². The van der Waals surface area contributed by atoms with E-state index in [-0.39, 0.29) is 20.1 Å². The second kappa shape index (κ2) is 13.1. The van der Waals surface area contributed by atoms with Crippen molar-refractivity contribution >= 4 is 33.8 Å². The SMILES string of the molecule is Cc1cc[c-]c(-c2cc3c(cn2)[se]c2ccccc23)n1.Cc1cnc(-c2[c-]cc(C)c(-c3ccccc3)c2)cc1C.[Ir]. The molecule has 3 aromatic carbocycles. The number of hydrogen-bond donors (Lipinski definition) is 0. The van der Waals surface area contributed by atoms with E-state index in [0.717, 1.165) is 28.3 Å². The van der Waals surface area contributed by atoms with Gasteiger partial charge in [0.05, 0.1) is 0 Å². The summed E-state index contributed by atoms with van der Waals surface area (Å²) in [6.07, 6.45) is 3.93. The van der Waals surface area contributed by atoms with Crippen LogP contribution in [0.3, 0.4) is 0 Å². The van der Waals surface area contributed by atoms with Crippen LogP contribution >= 0.6 is 0 Å². The van der Waals surface area contributed by atoms with Crippen LogP contribution in [0.2, 0.25) is 0 Å². The van der Waals surface area contributed by atoms with E-state index in [1.807, 2.05) is 37.5 Å². The summed E-state index contributed by atoms with van der Waals surface area (Å²) >= 11 is 0.376. The van der Waals surface area contributed by atoms with Crippen molar-refractivity contribution in [3.63, 3.8) is 0 Å². The van der Waals surface area contributed by atoms with E-state index in [1.165, 1.54) is 47.1 Å². The largest absolute Gasteiger partial charge is 0.304 e. The van der Waals surface area contributed by atoms with E-state index in [9.17, 15) is 0 Å². The smallest absolute Gasteiger partial charge is 0.0192 e. The van der Waals surface area contributed by atoms with Gasteiger partial charge in [0.2, 0.25) is 0 Å². The zero-order valence-electron chi connectivity index (χ0n) is 23.9. The minimum atomic E-state index is 0. The van der Waals surface area contributed by atoms with Gasteiger partial charge in [-0.15, -0.1) is 29.3 Å². The molecule has 0 aliphatic carbocycles. The molecule has 4 heterocycles. The maximum absolute atomic E-state index is 4.57. The molecular formula is C37H29IrN3Se-2. The van der Waals surface area contributed by atoms with Crippen LogP contribution in [0.15, 0.2) is 103 Å². The van der Waals surface area contributed by atoms with Gasteiger partial charge in [0, 0.05) is 26.3 Å². The van der Waals surface area contributed by atoms with E-state index in [1.54, 1.807) is 0 Å². The van der Waals surface area contributed by atoms with Crippen molar-refractivity contribution < 1.29 is 20.1 Å². The van der Waals surface area contributed by atoms with Gasteiger partial charge in [-0.1, -0.05) is 54.4 Å². The average molecular weight is 787 g/mol. The molecule has 0 unspecified atom stereocenters. The van der Waals surface area contributed by atoms with Crippen molar-refractivity contribution in [2.45, 2.75) is 27.7 Å². The number of aryl methyl sites for hydroxylation is 4. The van der Waals surface area contributed by atoms with Gasteiger partial charge in [0.1, 0.15) is 0 Å². The molecule has 0 N–H and O–H groups in total. The Kier molecular flexibility index (Phi) is 9.26. The molecule has 0 spiro atoms. The summed E-state index contributed by atoms with van der Waals surface area (Å²) in [5.74, 6) is 0. The monoisotopic (exact) mass is 788 g/mol. The fourth-order valence-corrected chi connectivity index (χ4v) is 7.01. The second-order valence-electron chi connectivity index (χ2n) is 10.2. The second-order valence-corrected chi connectivity index (χ2v) is 12.5. The Morgan fingerprint density at radius 3 is 2.19 bits per heavy atom. The van der Waals surface area contributed by atoms with E-state index < -0.39 is 0 Å². The summed E-state index contributed by atoms with van der Waals surface area (Å²) in [4.78, 5) is 13.6. The van der Waals surface area contributed by atoms with Gasteiger partial charge in [-0.05, 0) is 30.7 Å². The molecule has 7 aromatic rings. The van der Waals surface area contributed by atoms with Gasteiger partial charge in [0.25, 0.3) is 0 Å². The van der Waals surface area contributed by atoms with E-state index in [4.69, 9.17) is 0 Å². The van der Waals surface area contributed by atoms with Crippen molar-refractivity contribution in [3.05, 3.63) is 138 Å². The molecular weight excluding hydrogens is 758 g/mol. The van der Waals surface area contributed by atoms with Crippen molar-refractivity contribution in [1.82, 2.24) is 15.0 Å². The minimum Gasteiger partial charge on any atom is -0.304 e. The van der Waals surface area contributed by atoms with Gasteiger partial charge in [0.15, 0.2) is 0 Å². The molecule has 0 bridgehead atoms. The molecule has 0 atom stereocenters. The molecule has 42 heavy (non-hydrogen) atoms. The van der Waals surface area contributed by atoms with Crippen molar-refractivity contribution in [2.24, 2.45) is 0 Å². The van der Waals surface area contributed by atoms with E-state index >= 15 is 0 Å². The summed E-state index contributed by atoms with van der Waals surface area (Å²) in [5, 5.41) is 2.65. The standard InChI is InChI=1S/C20H18N.C17H11N2Se.Ir/c1-14-9-10-18(20-11-15(2)16(3)13-21-20)12-19(14)17-7-5-4-6-8-17;1-11-5-4-7-14(19-11)15-9-13-12-6-2-3-8-16(12)20-17(13)10-18-15;/h4-9,11-13H,1-3H3;2-6,8-10H,1H3;/q2*-1;. The van der Waals surface area contributed by atoms with Gasteiger partial charge >= 0.3 is 122 Å². The topological polar surface area (TPSA) is 38.7 Å². The summed E-state index contributed by atoms with van der Waals surface area (Å²) < 4.78 is 2.80. The summed E-state index contributed by atoms with van der Waals surface area (Å²) in [7, 11) is 0. The van der Waals surface area contributed by atoms with Crippen LogP contribution < -0.4 is 0 Å². The predicted molar refractivity (Wildman–Crippen MR) is 171 cm³/mol. The molecule has 0 saturated carbocycles. The number of rotatable bonds is 3. The van der Waals surface area contributed by atoms with Gasteiger partial charge in [-0.25, -0.2) is 0 Å². The minimum absolute atomic E-state index is 0. The molecule has 1 radical (unpaired) electrons. The van der Waals surface area contributed by atoms with Crippen molar-refractivity contribution in [1.29, 1.82) is 0 Å². The van der Waals surface area contributed by atoms with Crippen molar-refractivity contribution in [2.75, 3.05) is 0 Å².